The molecule has 5 aromatic carbocycles. The van der Waals surface area contributed by atoms with Gasteiger partial charge < -0.3 is 21.7 Å². The normalized spacial score (nSPS) is 12.4. The molecule has 6 N–H and O–H groups in total. The fourth-order valence-corrected chi connectivity index (χ4v) is 6.53. The summed E-state index contributed by atoms with van der Waals surface area (Å²) >= 11 is 0. The maximum Gasteiger partial charge on any atom is 0.296 e. The zero-order valence-corrected chi connectivity index (χ0v) is 26.9. The molecular weight excluding hydrogens is 643 g/mol. The van der Waals surface area contributed by atoms with Crippen LogP contribution in [0.4, 0.5) is 29.0 Å². The van der Waals surface area contributed by atoms with E-state index in [1.807, 2.05) is 66.7 Å². The minimum absolute atomic E-state index is 0.0512. The molecule has 1 aliphatic rings. The number of hydrogen-bond acceptors (Lipinski definition) is 11. The number of aromatic nitrogens is 3. The number of nitrogens with two attached hydrogens (primary N) is 1. The highest BCUT2D eigenvalue weighted by Gasteiger charge is 2.36. The number of fused-ring (bicyclic) bond motifs is 3. The van der Waals surface area contributed by atoms with Crippen LogP contribution in [-0.2, 0) is 23.2 Å². The second-order valence-electron chi connectivity index (χ2n) is 11.5. The first kappa shape index (κ1) is 31.4. The average Bonchev–Trinajstić information content (AvgIpc) is 3.08. The maximum absolute atomic E-state index is 13.6. The molecule has 13 heteroatoms. The average molecular weight is 672 g/mol. The first-order valence-corrected chi connectivity index (χ1v) is 16.7. The summed E-state index contributed by atoms with van der Waals surface area (Å²) in [5.41, 5.74) is 8.16. The second kappa shape index (κ2) is 12.4. The van der Waals surface area contributed by atoms with Gasteiger partial charge in [-0.3, -0.25) is 14.1 Å². The van der Waals surface area contributed by atoms with Crippen molar-refractivity contribution in [3.8, 4) is 0 Å². The zero-order valence-electron chi connectivity index (χ0n) is 26.1. The molecule has 7 rings (SSSR count). The van der Waals surface area contributed by atoms with E-state index in [4.69, 9.17) is 5.73 Å². The molecule has 6 aromatic rings. The third-order valence-corrected chi connectivity index (χ3v) is 9.05. The van der Waals surface area contributed by atoms with Gasteiger partial charge in [0.2, 0.25) is 11.9 Å². The third kappa shape index (κ3) is 6.27. The standard InChI is InChI=1S/C36H29N7O5S/c1-20-40-35(43-36(41-20)42-25-14-13-23-9-2-3-10-24(23)16-25)39-19-22-8-6-7-21(15-22)18-38-28-17-29(49(46,47)48)32(37)31-30(28)33(44)26-11-4-5-12-27(26)34(31)45/h2-17,38H,18-19,37H2,1H3,(H,46,47,48)(H2,39,40,41,42,43). The van der Waals surface area contributed by atoms with Crippen LogP contribution in [0.25, 0.3) is 10.8 Å². The Hall–Kier alpha value is -6.18. The number of rotatable bonds is 9. The van der Waals surface area contributed by atoms with Gasteiger partial charge in [0.1, 0.15) is 10.7 Å². The number of nitrogen functional groups attached to an aromatic ring is 1. The van der Waals surface area contributed by atoms with E-state index in [1.54, 1.807) is 19.1 Å². The highest BCUT2D eigenvalue weighted by atomic mass is 32.2. The van der Waals surface area contributed by atoms with Crippen molar-refractivity contribution < 1.29 is 22.6 Å². The van der Waals surface area contributed by atoms with Crippen LogP contribution >= 0.6 is 0 Å². The van der Waals surface area contributed by atoms with E-state index in [-0.39, 0.29) is 34.5 Å². The Morgan fingerprint density at radius 2 is 1.33 bits per heavy atom. The molecule has 0 saturated carbocycles. The molecular formula is C36H29N7O5S. The molecule has 0 amide bonds. The number of benzene rings is 5. The smallest absolute Gasteiger partial charge is 0.296 e. The summed E-state index contributed by atoms with van der Waals surface area (Å²) in [5, 5.41) is 11.8. The van der Waals surface area contributed by atoms with Gasteiger partial charge in [-0.05, 0) is 47.0 Å². The summed E-state index contributed by atoms with van der Waals surface area (Å²) < 4.78 is 34.4. The van der Waals surface area contributed by atoms with E-state index < -0.39 is 32.3 Å². The van der Waals surface area contributed by atoms with Crippen molar-refractivity contribution in [2.75, 3.05) is 21.7 Å². The van der Waals surface area contributed by atoms with Crippen molar-refractivity contribution in [1.82, 2.24) is 15.0 Å². The molecule has 0 fully saturated rings. The summed E-state index contributed by atoms with van der Waals surface area (Å²) in [4.78, 5) is 39.7. The van der Waals surface area contributed by atoms with Crippen LogP contribution in [0.3, 0.4) is 0 Å². The topological polar surface area (TPSA) is 189 Å². The molecule has 0 radical (unpaired) electrons. The summed E-state index contributed by atoms with van der Waals surface area (Å²) in [6.45, 7) is 2.31. The van der Waals surface area contributed by atoms with Crippen molar-refractivity contribution in [2.45, 2.75) is 24.9 Å². The Morgan fingerprint density at radius 1 is 0.694 bits per heavy atom. The number of aryl methyl sites for hydroxylation is 1. The first-order chi connectivity index (χ1) is 23.5. The third-order valence-electron chi connectivity index (χ3n) is 8.16. The Morgan fingerprint density at radius 3 is 2.04 bits per heavy atom. The van der Waals surface area contributed by atoms with Crippen molar-refractivity contribution in [1.29, 1.82) is 0 Å². The number of ketones is 2. The fourth-order valence-electron chi connectivity index (χ4n) is 5.89. The molecule has 0 aliphatic heterocycles. The van der Waals surface area contributed by atoms with Crippen LogP contribution in [-0.4, -0.2) is 39.5 Å². The predicted octanol–water partition coefficient (Wildman–Crippen LogP) is 5.91. The zero-order chi connectivity index (χ0) is 34.3. The molecule has 244 valence electrons. The largest absolute Gasteiger partial charge is 0.397 e. The van der Waals surface area contributed by atoms with Crippen LogP contribution < -0.4 is 21.7 Å². The van der Waals surface area contributed by atoms with Crippen molar-refractivity contribution in [3.63, 3.8) is 0 Å². The fraction of sp³-hybridized carbons (Fsp3) is 0.0833. The molecule has 1 aromatic heterocycles. The first-order valence-electron chi connectivity index (χ1n) is 15.2. The van der Waals surface area contributed by atoms with E-state index in [0.717, 1.165) is 33.7 Å². The van der Waals surface area contributed by atoms with Gasteiger partial charge in [-0.25, -0.2) is 0 Å². The van der Waals surface area contributed by atoms with Crippen LogP contribution in [0.2, 0.25) is 0 Å². The van der Waals surface area contributed by atoms with Crippen molar-refractivity contribution >= 4 is 61.4 Å². The van der Waals surface area contributed by atoms with Crippen LogP contribution in [0.15, 0.2) is 102 Å². The lowest BCUT2D eigenvalue weighted by atomic mass is 9.82. The van der Waals surface area contributed by atoms with Crippen molar-refractivity contribution in [2.24, 2.45) is 0 Å². The molecule has 0 atom stereocenters. The Balaban J connectivity index is 1.10. The number of nitrogens with zero attached hydrogens (tertiary/aromatic N) is 3. The molecule has 0 spiro atoms. The van der Waals surface area contributed by atoms with E-state index in [2.05, 4.69) is 30.9 Å². The predicted molar refractivity (Wildman–Crippen MR) is 187 cm³/mol. The van der Waals surface area contributed by atoms with Crippen molar-refractivity contribution in [3.05, 3.63) is 136 Å². The Labute approximate surface area is 281 Å². The monoisotopic (exact) mass is 671 g/mol. The summed E-state index contributed by atoms with van der Waals surface area (Å²) in [6, 6.07) is 28.9. The lowest BCUT2D eigenvalue weighted by Crippen LogP contribution is -2.25. The van der Waals surface area contributed by atoms with Gasteiger partial charge in [0, 0.05) is 35.6 Å². The number of anilines is 5. The minimum Gasteiger partial charge on any atom is -0.397 e. The van der Waals surface area contributed by atoms with Crippen LogP contribution in [0.1, 0.15) is 48.8 Å². The Kier molecular flexibility index (Phi) is 7.98. The van der Waals surface area contributed by atoms with E-state index in [1.165, 1.54) is 12.1 Å². The van der Waals surface area contributed by atoms with E-state index >= 15 is 0 Å². The van der Waals surface area contributed by atoms with Gasteiger partial charge in [0.05, 0.1) is 16.8 Å². The SMILES string of the molecule is Cc1nc(NCc2cccc(CNc3cc(S(=O)(=O)O)c(N)c4c3C(=O)c3ccccc3C4=O)c2)nc(Nc2ccc3ccccc3c2)n1. The van der Waals surface area contributed by atoms with Gasteiger partial charge in [0.25, 0.3) is 10.1 Å². The van der Waals surface area contributed by atoms with Gasteiger partial charge in [-0.1, -0.05) is 78.9 Å². The van der Waals surface area contributed by atoms with Gasteiger partial charge in [-0.15, -0.1) is 0 Å². The number of hydrogen-bond donors (Lipinski definition) is 5. The summed E-state index contributed by atoms with van der Waals surface area (Å²) in [6.07, 6.45) is 0. The van der Waals surface area contributed by atoms with Gasteiger partial charge in [0.15, 0.2) is 11.6 Å². The van der Waals surface area contributed by atoms with Gasteiger partial charge in [-0.2, -0.15) is 23.4 Å². The quantitative estimate of drug-likeness (QED) is 0.0903. The molecule has 1 heterocycles. The molecule has 1 aliphatic carbocycles. The molecule has 49 heavy (non-hydrogen) atoms. The number of carbonyl (C=O) groups excluding carboxylic acids is 2. The summed E-state index contributed by atoms with van der Waals surface area (Å²) in [7, 11) is -4.82. The number of nitrogens with one attached hydrogen (secondary N) is 3. The molecule has 0 bridgehead atoms. The van der Waals surface area contributed by atoms with Crippen LogP contribution in [0, 0.1) is 6.92 Å². The van der Waals surface area contributed by atoms with Crippen LogP contribution in [0.5, 0.6) is 0 Å². The van der Waals surface area contributed by atoms with E-state index in [0.29, 0.717) is 24.3 Å². The molecule has 0 unspecified atom stereocenters. The molecule has 12 nitrogen and oxygen atoms in total. The highest BCUT2D eigenvalue weighted by molar-refractivity contribution is 7.86. The summed E-state index contributed by atoms with van der Waals surface area (Å²) in [5.74, 6) is 0.226. The minimum atomic E-state index is -4.82. The molecule has 0 saturated heterocycles. The number of carbonyl (C=O) groups is 2. The maximum atomic E-state index is 13.6. The lowest BCUT2D eigenvalue weighted by Gasteiger charge is -2.23. The second-order valence-corrected chi connectivity index (χ2v) is 12.9. The van der Waals surface area contributed by atoms with Gasteiger partial charge >= 0.3 is 0 Å². The Bertz CT molecular complexity index is 2430. The van der Waals surface area contributed by atoms with E-state index in [9.17, 15) is 22.6 Å². The highest BCUT2D eigenvalue weighted by Crippen LogP contribution is 2.39. The lowest BCUT2D eigenvalue weighted by molar-refractivity contribution is 0.0980.